The Hall–Kier alpha value is -2.53. The highest BCUT2D eigenvalue weighted by atomic mass is 16.5. The molecule has 0 saturated carbocycles. The van der Waals surface area contributed by atoms with Crippen molar-refractivity contribution >= 4 is 0 Å². The predicted octanol–water partition coefficient (Wildman–Crippen LogP) is 3.03. The largest absolute Gasteiger partial charge is 0.334 e. The van der Waals surface area contributed by atoms with Crippen LogP contribution in [0.1, 0.15) is 24.0 Å². The summed E-state index contributed by atoms with van der Waals surface area (Å²) in [6.45, 7) is 3.72. The Labute approximate surface area is 135 Å². The minimum absolute atomic E-state index is 0.585. The van der Waals surface area contributed by atoms with Crippen LogP contribution in [0.25, 0.3) is 11.5 Å². The van der Waals surface area contributed by atoms with E-state index in [9.17, 15) is 0 Å². The zero-order chi connectivity index (χ0) is 15.9. The van der Waals surface area contributed by atoms with Gasteiger partial charge in [0.05, 0.1) is 5.69 Å². The zero-order valence-corrected chi connectivity index (χ0v) is 13.2. The van der Waals surface area contributed by atoms with E-state index < -0.39 is 0 Å². The average molecular weight is 308 g/mol. The van der Waals surface area contributed by atoms with Crippen molar-refractivity contribution in [3.8, 4) is 11.5 Å². The molecule has 5 nitrogen and oxygen atoms in total. The number of nitrogens with zero attached hydrogens (tertiary/aromatic N) is 3. The minimum Gasteiger partial charge on any atom is -0.334 e. The SMILES string of the molecule is CCc1noc(-c2ccc(CCNCc3ccccn3)cc2)n1. The molecule has 0 atom stereocenters. The Morgan fingerprint density at radius 3 is 2.65 bits per heavy atom. The molecule has 23 heavy (non-hydrogen) atoms. The Morgan fingerprint density at radius 1 is 1.09 bits per heavy atom. The van der Waals surface area contributed by atoms with Crippen molar-refractivity contribution < 1.29 is 4.52 Å². The Morgan fingerprint density at radius 2 is 1.96 bits per heavy atom. The molecule has 5 heteroatoms. The van der Waals surface area contributed by atoms with Crippen LogP contribution >= 0.6 is 0 Å². The fourth-order valence-electron chi connectivity index (χ4n) is 2.28. The van der Waals surface area contributed by atoms with Gasteiger partial charge >= 0.3 is 0 Å². The van der Waals surface area contributed by atoms with Gasteiger partial charge in [-0.1, -0.05) is 30.3 Å². The molecular weight excluding hydrogens is 288 g/mol. The summed E-state index contributed by atoms with van der Waals surface area (Å²) >= 11 is 0. The second-order valence-corrected chi connectivity index (χ2v) is 5.31. The number of benzene rings is 1. The van der Waals surface area contributed by atoms with Gasteiger partial charge in [-0.15, -0.1) is 0 Å². The number of rotatable bonds is 7. The van der Waals surface area contributed by atoms with E-state index in [1.54, 1.807) is 0 Å². The van der Waals surface area contributed by atoms with Crippen LogP contribution in [0.5, 0.6) is 0 Å². The fourth-order valence-corrected chi connectivity index (χ4v) is 2.28. The van der Waals surface area contributed by atoms with Gasteiger partial charge in [0, 0.05) is 24.7 Å². The Balaban J connectivity index is 1.49. The molecule has 0 saturated heterocycles. The maximum Gasteiger partial charge on any atom is 0.257 e. The number of nitrogens with one attached hydrogen (secondary N) is 1. The van der Waals surface area contributed by atoms with Crippen molar-refractivity contribution in [2.24, 2.45) is 0 Å². The minimum atomic E-state index is 0.585. The maximum absolute atomic E-state index is 5.25. The van der Waals surface area contributed by atoms with E-state index in [0.29, 0.717) is 5.89 Å². The van der Waals surface area contributed by atoms with Gasteiger partial charge in [0.25, 0.3) is 5.89 Å². The van der Waals surface area contributed by atoms with Crippen molar-refractivity contribution in [3.63, 3.8) is 0 Å². The molecule has 0 aliphatic heterocycles. The molecule has 0 amide bonds. The molecule has 3 rings (SSSR count). The van der Waals surface area contributed by atoms with Crippen molar-refractivity contribution in [2.45, 2.75) is 26.3 Å². The molecule has 3 aromatic rings. The van der Waals surface area contributed by atoms with Gasteiger partial charge in [-0.2, -0.15) is 4.98 Å². The molecule has 2 heterocycles. The highest BCUT2D eigenvalue weighted by molar-refractivity contribution is 5.53. The summed E-state index contributed by atoms with van der Waals surface area (Å²) in [6.07, 6.45) is 3.57. The van der Waals surface area contributed by atoms with Crippen molar-refractivity contribution in [1.29, 1.82) is 0 Å². The standard InChI is InChI=1S/C18H20N4O/c1-2-17-21-18(23-22-17)15-8-6-14(7-9-15)10-12-19-13-16-5-3-4-11-20-16/h3-9,11,19H,2,10,12-13H2,1H3. The quantitative estimate of drug-likeness (QED) is 0.680. The first-order chi connectivity index (χ1) is 11.3. The molecule has 0 aliphatic rings. The lowest BCUT2D eigenvalue weighted by atomic mass is 10.1. The fraction of sp³-hybridized carbons (Fsp3) is 0.278. The lowest BCUT2D eigenvalue weighted by Crippen LogP contribution is -2.17. The third kappa shape index (κ3) is 4.23. The highest BCUT2D eigenvalue weighted by Crippen LogP contribution is 2.18. The van der Waals surface area contributed by atoms with Gasteiger partial charge in [-0.3, -0.25) is 4.98 Å². The molecule has 2 aromatic heterocycles. The van der Waals surface area contributed by atoms with Gasteiger partial charge in [0.1, 0.15) is 0 Å². The first kappa shape index (κ1) is 15.4. The van der Waals surface area contributed by atoms with E-state index in [1.807, 2.05) is 43.5 Å². The first-order valence-corrected chi connectivity index (χ1v) is 7.87. The van der Waals surface area contributed by atoms with E-state index >= 15 is 0 Å². The molecule has 0 bridgehead atoms. The molecule has 1 aromatic carbocycles. The molecule has 0 unspecified atom stereocenters. The summed E-state index contributed by atoms with van der Waals surface area (Å²) in [5, 5.41) is 7.32. The lowest BCUT2D eigenvalue weighted by Gasteiger charge is -2.05. The van der Waals surface area contributed by atoms with Gasteiger partial charge in [-0.05, 0) is 42.8 Å². The number of aryl methyl sites for hydroxylation is 1. The van der Waals surface area contributed by atoms with E-state index in [0.717, 1.165) is 43.0 Å². The second kappa shape index (κ2) is 7.65. The van der Waals surface area contributed by atoms with E-state index in [4.69, 9.17) is 4.52 Å². The summed E-state index contributed by atoms with van der Waals surface area (Å²) in [4.78, 5) is 8.63. The average Bonchev–Trinajstić information content (AvgIpc) is 3.09. The summed E-state index contributed by atoms with van der Waals surface area (Å²) < 4.78 is 5.25. The van der Waals surface area contributed by atoms with Crippen LogP contribution in [0.3, 0.4) is 0 Å². The van der Waals surface area contributed by atoms with Crippen molar-refractivity contribution in [3.05, 3.63) is 65.7 Å². The van der Waals surface area contributed by atoms with Crippen LogP contribution in [0, 0.1) is 0 Å². The number of aromatic nitrogens is 3. The number of hydrogen-bond donors (Lipinski definition) is 1. The summed E-state index contributed by atoms with van der Waals surface area (Å²) in [5.41, 5.74) is 3.30. The molecule has 0 aliphatic carbocycles. The Bertz CT molecular complexity index is 722. The van der Waals surface area contributed by atoms with Crippen LogP contribution in [0.4, 0.5) is 0 Å². The molecule has 0 radical (unpaired) electrons. The van der Waals surface area contributed by atoms with E-state index in [1.165, 1.54) is 5.56 Å². The van der Waals surface area contributed by atoms with Crippen molar-refractivity contribution in [1.82, 2.24) is 20.4 Å². The molecular formula is C18H20N4O. The van der Waals surface area contributed by atoms with Gasteiger partial charge in [0.15, 0.2) is 5.82 Å². The topological polar surface area (TPSA) is 63.8 Å². The smallest absolute Gasteiger partial charge is 0.257 e. The van der Waals surface area contributed by atoms with E-state index in [-0.39, 0.29) is 0 Å². The third-order valence-electron chi connectivity index (χ3n) is 3.61. The number of hydrogen-bond acceptors (Lipinski definition) is 5. The van der Waals surface area contributed by atoms with Crippen LogP contribution in [-0.4, -0.2) is 21.7 Å². The van der Waals surface area contributed by atoms with Crippen LogP contribution in [0.15, 0.2) is 53.2 Å². The maximum atomic E-state index is 5.25. The molecule has 1 N–H and O–H groups in total. The van der Waals surface area contributed by atoms with Crippen molar-refractivity contribution in [2.75, 3.05) is 6.54 Å². The zero-order valence-electron chi connectivity index (χ0n) is 13.2. The third-order valence-corrected chi connectivity index (χ3v) is 3.61. The summed E-state index contributed by atoms with van der Waals surface area (Å²) in [6, 6.07) is 14.2. The normalized spacial score (nSPS) is 10.8. The first-order valence-electron chi connectivity index (χ1n) is 7.87. The second-order valence-electron chi connectivity index (χ2n) is 5.31. The number of pyridine rings is 1. The van der Waals surface area contributed by atoms with Crippen LogP contribution in [0.2, 0.25) is 0 Å². The monoisotopic (exact) mass is 308 g/mol. The highest BCUT2D eigenvalue weighted by Gasteiger charge is 2.07. The lowest BCUT2D eigenvalue weighted by molar-refractivity contribution is 0.423. The Kier molecular flexibility index (Phi) is 5.11. The van der Waals surface area contributed by atoms with Gasteiger partial charge in [0.2, 0.25) is 0 Å². The van der Waals surface area contributed by atoms with E-state index in [2.05, 4.69) is 32.6 Å². The van der Waals surface area contributed by atoms with Crippen LogP contribution in [-0.2, 0) is 19.4 Å². The van der Waals surface area contributed by atoms with Crippen LogP contribution < -0.4 is 5.32 Å². The molecule has 0 fully saturated rings. The predicted molar refractivity (Wildman–Crippen MR) is 88.8 cm³/mol. The molecule has 118 valence electrons. The van der Waals surface area contributed by atoms with Gasteiger partial charge in [-0.25, -0.2) is 0 Å². The molecule has 0 spiro atoms. The van der Waals surface area contributed by atoms with Gasteiger partial charge < -0.3 is 9.84 Å². The summed E-state index contributed by atoms with van der Waals surface area (Å²) in [5.74, 6) is 1.32. The summed E-state index contributed by atoms with van der Waals surface area (Å²) in [7, 11) is 0.